The van der Waals surface area contributed by atoms with Gasteiger partial charge >= 0.3 is 0 Å². The number of ether oxygens (including phenoxy) is 1. The maximum Gasteiger partial charge on any atom is 0.193 e. The smallest absolute Gasteiger partial charge is 0.193 e. The molecule has 156 valence electrons. The molecule has 0 bridgehead atoms. The highest BCUT2D eigenvalue weighted by Crippen LogP contribution is 2.20. The van der Waals surface area contributed by atoms with Crippen LogP contribution in [0, 0.1) is 0 Å². The summed E-state index contributed by atoms with van der Waals surface area (Å²) in [6.45, 7) is 11.2. The van der Waals surface area contributed by atoms with E-state index in [0.717, 1.165) is 58.1 Å². The quantitative estimate of drug-likeness (QED) is 0.575. The monoisotopic (exact) mass is 386 g/mol. The molecule has 1 N–H and O–H groups in total. The van der Waals surface area contributed by atoms with E-state index in [4.69, 9.17) is 9.73 Å². The predicted octanol–water partition coefficient (Wildman–Crippen LogP) is 3.51. The highest BCUT2D eigenvalue weighted by Gasteiger charge is 2.24. The molecule has 28 heavy (non-hydrogen) atoms. The highest BCUT2D eigenvalue weighted by molar-refractivity contribution is 5.80. The lowest BCUT2D eigenvalue weighted by Crippen LogP contribution is -2.48. The van der Waals surface area contributed by atoms with E-state index in [0.29, 0.717) is 12.1 Å². The number of nitrogens with one attached hydrogen (secondary N) is 1. The van der Waals surface area contributed by atoms with Crippen molar-refractivity contribution in [3.05, 3.63) is 35.9 Å². The van der Waals surface area contributed by atoms with Gasteiger partial charge in [0.15, 0.2) is 5.96 Å². The van der Waals surface area contributed by atoms with Gasteiger partial charge < -0.3 is 15.0 Å². The Balaban J connectivity index is 1.59. The third kappa shape index (κ3) is 6.21. The Kier molecular flexibility index (Phi) is 8.62. The second-order valence-electron chi connectivity index (χ2n) is 7.94. The largest absolute Gasteiger partial charge is 0.378 e. The number of hydrogen-bond acceptors (Lipinski definition) is 3. The van der Waals surface area contributed by atoms with E-state index in [9.17, 15) is 0 Å². The highest BCUT2D eigenvalue weighted by atomic mass is 16.5. The number of hydrogen-bond donors (Lipinski definition) is 1. The fourth-order valence-corrected chi connectivity index (χ4v) is 4.38. The molecule has 1 aromatic rings. The molecule has 0 spiro atoms. The van der Waals surface area contributed by atoms with E-state index in [2.05, 4.69) is 59.3 Å². The van der Waals surface area contributed by atoms with Crippen LogP contribution in [-0.2, 0) is 11.3 Å². The molecular formula is C23H38N4O. The molecule has 1 aromatic carbocycles. The fourth-order valence-electron chi connectivity index (χ4n) is 4.38. The van der Waals surface area contributed by atoms with Gasteiger partial charge in [-0.1, -0.05) is 36.8 Å². The number of rotatable bonds is 7. The Hall–Kier alpha value is -1.59. The van der Waals surface area contributed by atoms with Gasteiger partial charge in [0.1, 0.15) is 0 Å². The molecule has 2 aliphatic heterocycles. The zero-order chi connectivity index (χ0) is 19.6. The van der Waals surface area contributed by atoms with Crippen molar-refractivity contribution in [2.75, 3.05) is 39.3 Å². The van der Waals surface area contributed by atoms with Gasteiger partial charge in [-0.05, 0) is 51.6 Å². The molecule has 2 fully saturated rings. The second-order valence-corrected chi connectivity index (χ2v) is 7.94. The first-order valence-electron chi connectivity index (χ1n) is 11.2. The summed E-state index contributed by atoms with van der Waals surface area (Å²) in [5.74, 6) is 1.09. The molecule has 0 aliphatic carbocycles. The summed E-state index contributed by atoms with van der Waals surface area (Å²) in [5, 5.41) is 3.52. The minimum Gasteiger partial charge on any atom is -0.378 e. The van der Waals surface area contributed by atoms with Crippen LogP contribution in [0.4, 0.5) is 0 Å². The Morgan fingerprint density at radius 2 is 1.86 bits per heavy atom. The van der Waals surface area contributed by atoms with Crippen molar-refractivity contribution in [1.29, 1.82) is 0 Å². The lowest BCUT2D eigenvalue weighted by molar-refractivity contribution is 0.0263. The molecule has 2 saturated heterocycles. The Bertz CT molecular complexity index is 584. The summed E-state index contributed by atoms with van der Waals surface area (Å²) >= 11 is 0. The van der Waals surface area contributed by atoms with Crippen LogP contribution in [0.3, 0.4) is 0 Å². The van der Waals surface area contributed by atoms with E-state index in [1.165, 1.54) is 31.4 Å². The first kappa shape index (κ1) is 21.1. The van der Waals surface area contributed by atoms with E-state index in [-0.39, 0.29) is 0 Å². The van der Waals surface area contributed by atoms with Crippen molar-refractivity contribution in [2.45, 2.75) is 64.6 Å². The topological polar surface area (TPSA) is 40.1 Å². The number of piperidine rings is 2. The average Bonchev–Trinajstić information content (AvgIpc) is 2.74. The first-order chi connectivity index (χ1) is 13.8. The number of aliphatic imine (C=N–C) groups is 1. The van der Waals surface area contributed by atoms with Crippen molar-refractivity contribution in [1.82, 2.24) is 15.1 Å². The van der Waals surface area contributed by atoms with Crippen LogP contribution < -0.4 is 5.32 Å². The van der Waals surface area contributed by atoms with Gasteiger partial charge in [-0.2, -0.15) is 0 Å². The third-order valence-corrected chi connectivity index (χ3v) is 5.91. The van der Waals surface area contributed by atoms with Crippen LogP contribution in [0.25, 0.3) is 0 Å². The van der Waals surface area contributed by atoms with Gasteiger partial charge in [0.2, 0.25) is 0 Å². The molecule has 1 atom stereocenters. The number of guanidine groups is 1. The standard InChI is InChI=1S/C23H38N4O/c1-3-24-23(26-16-13-22(14-17-26)28-4-2)25-18-21-12-8-9-15-27(21)19-20-10-6-5-7-11-20/h5-7,10-11,21-22H,3-4,8-9,12-19H2,1-2H3,(H,24,25). The van der Waals surface area contributed by atoms with Crippen molar-refractivity contribution in [3.63, 3.8) is 0 Å². The maximum atomic E-state index is 5.80. The van der Waals surface area contributed by atoms with Crippen LogP contribution in [0.5, 0.6) is 0 Å². The van der Waals surface area contributed by atoms with Gasteiger partial charge in [-0.25, -0.2) is 0 Å². The van der Waals surface area contributed by atoms with Gasteiger partial charge in [-0.3, -0.25) is 9.89 Å². The van der Waals surface area contributed by atoms with Crippen molar-refractivity contribution < 1.29 is 4.74 Å². The van der Waals surface area contributed by atoms with E-state index >= 15 is 0 Å². The van der Waals surface area contributed by atoms with Gasteiger partial charge in [0.25, 0.3) is 0 Å². The third-order valence-electron chi connectivity index (χ3n) is 5.91. The zero-order valence-electron chi connectivity index (χ0n) is 17.8. The molecule has 2 heterocycles. The Morgan fingerprint density at radius 1 is 1.07 bits per heavy atom. The molecule has 0 amide bonds. The minimum absolute atomic E-state index is 0.420. The summed E-state index contributed by atoms with van der Waals surface area (Å²) in [4.78, 5) is 10.1. The Morgan fingerprint density at radius 3 is 2.57 bits per heavy atom. The van der Waals surface area contributed by atoms with E-state index in [1.54, 1.807) is 0 Å². The summed E-state index contributed by atoms with van der Waals surface area (Å²) in [6, 6.07) is 11.4. The summed E-state index contributed by atoms with van der Waals surface area (Å²) in [7, 11) is 0. The molecule has 3 rings (SSSR count). The Labute approximate surface area is 171 Å². The number of benzene rings is 1. The predicted molar refractivity (Wildman–Crippen MR) is 117 cm³/mol. The summed E-state index contributed by atoms with van der Waals surface area (Å²) < 4.78 is 5.80. The second kappa shape index (κ2) is 11.4. The molecular weight excluding hydrogens is 348 g/mol. The molecule has 2 aliphatic rings. The van der Waals surface area contributed by atoms with Crippen LogP contribution in [-0.4, -0.2) is 67.2 Å². The van der Waals surface area contributed by atoms with Crippen molar-refractivity contribution in [2.24, 2.45) is 4.99 Å². The summed E-state index contributed by atoms with van der Waals surface area (Å²) in [6.07, 6.45) is 6.50. The van der Waals surface area contributed by atoms with Crippen molar-refractivity contribution >= 4 is 5.96 Å². The number of nitrogens with zero attached hydrogens (tertiary/aromatic N) is 3. The SMILES string of the molecule is CCNC(=NCC1CCCCN1Cc1ccccc1)N1CCC(OCC)CC1. The van der Waals surface area contributed by atoms with Gasteiger partial charge in [-0.15, -0.1) is 0 Å². The van der Waals surface area contributed by atoms with Crippen LogP contribution in [0.15, 0.2) is 35.3 Å². The van der Waals surface area contributed by atoms with Crippen molar-refractivity contribution in [3.8, 4) is 0 Å². The summed E-state index contributed by atoms with van der Waals surface area (Å²) in [5.41, 5.74) is 1.41. The van der Waals surface area contributed by atoms with Crippen LogP contribution >= 0.6 is 0 Å². The molecule has 0 radical (unpaired) electrons. The molecule has 1 unspecified atom stereocenters. The normalized spacial score (nSPS) is 22.4. The maximum absolute atomic E-state index is 5.80. The molecule has 0 saturated carbocycles. The molecule has 5 nitrogen and oxygen atoms in total. The van der Waals surface area contributed by atoms with Gasteiger partial charge in [0, 0.05) is 38.8 Å². The van der Waals surface area contributed by atoms with E-state index < -0.39 is 0 Å². The zero-order valence-corrected chi connectivity index (χ0v) is 17.8. The molecule has 0 aromatic heterocycles. The molecule has 5 heteroatoms. The van der Waals surface area contributed by atoms with Gasteiger partial charge in [0.05, 0.1) is 12.6 Å². The van der Waals surface area contributed by atoms with Crippen LogP contribution in [0.1, 0.15) is 51.5 Å². The number of likely N-dealkylation sites (tertiary alicyclic amines) is 2. The van der Waals surface area contributed by atoms with Crippen LogP contribution in [0.2, 0.25) is 0 Å². The lowest BCUT2D eigenvalue weighted by Gasteiger charge is -2.36. The lowest BCUT2D eigenvalue weighted by atomic mass is 10.0. The van der Waals surface area contributed by atoms with E-state index in [1.807, 2.05) is 0 Å². The fraction of sp³-hybridized carbons (Fsp3) is 0.696. The minimum atomic E-state index is 0.420. The average molecular weight is 387 g/mol. The first-order valence-corrected chi connectivity index (χ1v) is 11.2.